The van der Waals surface area contributed by atoms with Crippen molar-refractivity contribution < 1.29 is 4.42 Å². The molecule has 0 aliphatic heterocycles. The maximum atomic E-state index is 6.12. The summed E-state index contributed by atoms with van der Waals surface area (Å²) in [5, 5.41) is 2.24. The van der Waals surface area contributed by atoms with Crippen LogP contribution >= 0.6 is 0 Å². The van der Waals surface area contributed by atoms with Gasteiger partial charge >= 0.3 is 0 Å². The van der Waals surface area contributed by atoms with Crippen molar-refractivity contribution in [2.24, 2.45) is 0 Å². The predicted molar refractivity (Wildman–Crippen MR) is 208 cm³/mol. The van der Waals surface area contributed by atoms with Gasteiger partial charge in [0.2, 0.25) is 0 Å². The smallest absolute Gasteiger partial charge is 0.160 e. The zero-order valence-electron chi connectivity index (χ0n) is 28.0. The molecule has 51 heavy (non-hydrogen) atoms. The molecule has 0 radical (unpaired) electrons. The van der Waals surface area contributed by atoms with Crippen LogP contribution in [-0.4, -0.2) is 9.97 Å². The largest absolute Gasteiger partial charge is 0.456 e. The van der Waals surface area contributed by atoms with Gasteiger partial charge in [0, 0.05) is 32.9 Å². The quantitative estimate of drug-likeness (QED) is 0.186. The second-order valence-electron chi connectivity index (χ2n) is 13.5. The summed E-state index contributed by atoms with van der Waals surface area (Å²) in [4.78, 5) is 10.5. The minimum Gasteiger partial charge on any atom is -0.456 e. The van der Waals surface area contributed by atoms with Crippen LogP contribution in [0.15, 0.2) is 180 Å². The molecule has 3 nitrogen and oxygen atoms in total. The first-order chi connectivity index (χ1) is 25.1. The van der Waals surface area contributed by atoms with E-state index in [0.29, 0.717) is 5.82 Å². The van der Waals surface area contributed by atoms with Crippen molar-refractivity contribution >= 4 is 21.9 Å². The third-order valence-corrected chi connectivity index (χ3v) is 10.6. The van der Waals surface area contributed by atoms with Crippen LogP contribution in [0.2, 0.25) is 0 Å². The summed E-state index contributed by atoms with van der Waals surface area (Å²) in [7, 11) is 0. The molecule has 0 saturated carbocycles. The molecule has 2 aromatic heterocycles. The number of hydrogen-bond acceptors (Lipinski definition) is 3. The van der Waals surface area contributed by atoms with Crippen molar-refractivity contribution in [1.29, 1.82) is 0 Å². The summed E-state index contributed by atoms with van der Waals surface area (Å²) in [5.74, 6) is 0.701. The lowest BCUT2D eigenvalue weighted by molar-refractivity contribution is 0.669. The van der Waals surface area contributed by atoms with Crippen molar-refractivity contribution in [2.75, 3.05) is 0 Å². The van der Waals surface area contributed by atoms with E-state index in [2.05, 4.69) is 153 Å². The predicted octanol–water partition coefficient (Wildman–Crippen LogP) is 12.4. The second-order valence-corrected chi connectivity index (χ2v) is 13.5. The fourth-order valence-corrected chi connectivity index (χ4v) is 8.10. The molecule has 1 aliphatic rings. The molecule has 0 N–H and O–H groups in total. The van der Waals surface area contributed by atoms with E-state index in [1.54, 1.807) is 0 Å². The number of nitrogens with zero attached hydrogens (tertiary/aromatic N) is 2. The summed E-state index contributed by atoms with van der Waals surface area (Å²) < 4.78 is 6.12. The highest BCUT2D eigenvalue weighted by Gasteiger charge is 2.41. The highest BCUT2D eigenvalue weighted by atomic mass is 16.3. The minimum atomic E-state index is -0.363. The molecule has 0 atom stereocenters. The normalized spacial score (nSPS) is 13.0. The summed E-state index contributed by atoms with van der Waals surface area (Å²) in [6.07, 6.45) is 0. The minimum absolute atomic E-state index is 0.363. The lowest BCUT2D eigenvalue weighted by atomic mass is 9.72. The van der Waals surface area contributed by atoms with E-state index in [1.807, 2.05) is 30.3 Å². The zero-order chi connectivity index (χ0) is 33.9. The van der Waals surface area contributed by atoms with Gasteiger partial charge in [-0.15, -0.1) is 0 Å². The van der Waals surface area contributed by atoms with Crippen LogP contribution in [0.5, 0.6) is 0 Å². The fraction of sp³-hybridized carbons (Fsp3) is 0.0417. The highest BCUT2D eigenvalue weighted by molar-refractivity contribution is 6.06. The molecule has 9 aromatic rings. The third kappa shape index (κ3) is 4.66. The molecular weight excluding hydrogens is 621 g/mol. The number of hydrogen-bond donors (Lipinski definition) is 0. The van der Waals surface area contributed by atoms with Gasteiger partial charge in [0.05, 0.1) is 11.4 Å². The molecule has 7 aromatic carbocycles. The van der Waals surface area contributed by atoms with E-state index in [1.165, 1.54) is 27.8 Å². The molecular formula is C48H32N2O. The third-order valence-electron chi connectivity index (χ3n) is 10.6. The molecule has 2 heterocycles. The Morgan fingerprint density at radius 2 is 0.941 bits per heavy atom. The van der Waals surface area contributed by atoms with Gasteiger partial charge in [-0.1, -0.05) is 146 Å². The Labute approximate surface area is 296 Å². The molecule has 0 fully saturated rings. The van der Waals surface area contributed by atoms with Gasteiger partial charge in [-0.3, -0.25) is 0 Å². The Morgan fingerprint density at radius 3 is 1.71 bits per heavy atom. The molecule has 10 rings (SSSR count). The van der Waals surface area contributed by atoms with Crippen LogP contribution in [0.1, 0.15) is 23.6 Å². The summed E-state index contributed by atoms with van der Waals surface area (Å²) in [6.45, 7) is 2.36. The fourth-order valence-electron chi connectivity index (χ4n) is 8.10. The van der Waals surface area contributed by atoms with Gasteiger partial charge in [-0.2, -0.15) is 0 Å². The summed E-state index contributed by atoms with van der Waals surface area (Å²) in [6, 6.07) is 62.2. The molecule has 0 saturated heterocycles. The first-order valence-corrected chi connectivity index (χ1v) is 17.4. The SMILES string of the molecule is CC1(c2ccccc2-c2cc(-c3cccc(-c4ccc5oc6ccccc6c5c4)c3)nc(-c3ccccc3)n2)c2ccccc2-c2ccccc21. The van der Waals surface area contributed by atoms with Crippen LogP contribution in [0.4, 0.5) is 0 Å². The molecule has 0 bridgehead atoms. The van der Waals surface area contributed by atoms with Crippen LogP contribution in [0.3, 0.4) is 0 Å². The van der Waals surface area contributed by atoms with Gasteiger partial charge in [-0.05, 0) is 76.2 Å². The molecule has 0 amide bonds. The monoisotopic (exact) mass is 652 g/mol. The first kappa shape index (κ1) is 29.3. The molecule has 0 unspecified atom stereocenters. The van der Waals surface area contributed by atoms with Crippen molar-refractivity contribution in [3.05, 3.63) is 193 Å². The van der Waals surface area contributed by atoms with E-state index in [4.69, 9.17) is 14.4 Å². The number of benzene rings is 7. The molecule has 1 aliphatic carbocycles. The average molecular weight is 653 g/mol. The Bertz CT molecular complexity index is 2730. The standard InChI is InChI=1S/C48H32N2O/c1-48(40-22-9-5-18-35(40)36-19-6-10-23-41(36)48)42-24-11-7-21-38(42)44-30-43(49-47(50-44)31-14-3-2-4-15-31)34-17-13-16-32(28-34)33-26-27-46-39(29-33)37-20-8-12-25-45(37)51-46/h2-30H,1H3. The molecule has 240 valence electrons. The molecule has 0 spiro atoms. The van der Waals surface area contributed by atoms with E-state index in [-0.39, 0.29) is 5.41 Å². The topological polar surface area (TPSA) is 38.9 Å². The maximum Gasteiger partial charge on any atom is 0.160 e. The Kier molecular flexibility index (Phi) is 6.62. The van der Waals surface area contributed by atoms with Crippen LogP contribution in [0.25, 0.3) is 78.1 Å². The van der Waals surface area contributed by atoms with Gasteiger partial charge < -0.3 is 4.42 Å². The number of furan rings is 1. The van der Waals surface area contributed by atoms with E-state index < -0.39 is 0 Å². The van der Waals surface area contributed by atoms with Gasteiger partial charge in [0.25, 0.3) is 0 Å². The molecule has 3 heteroatoms. The average Bonchev–Trinajstić information content (AvgIpc) is 3.71. The summed E-state index contributed by atoms with van der Waals surface area (Å²) in [5.41, 5.74) is 15.0. The number of para-hydroxylation sites is 1. The van der Waals surface area contributed by atoms with Gasteiger partial charge in [0.15, 0.2) is 5.82 Å². The van der Waals surface area contributed by atoms with E-state index in [9.17, 15) is 0 Å². The Morgan fingerprint density at radius 1 is 0.392 bits per heavy atom. The highest BCUT2D eigenvalue weighted by Crippen LogP contribution is 2.54. The maximum absolute atomic E-state index is 6.12. The lowest BCUT2D eigenvalue weighted by Gasteiger charge is -2.30. The van der Waals surface area contributed by atoms with Crippen LogP contribution < -0.4 is 0 Å². The Hall–Kier alpha value is -6.58. The van der Waals surface area contributed by atoms with Gasteiger partial charge in [-0.25, -0.2) is 9.97 Å². The van der Waals surface area contributed by atoms with Crippen molar-refractivity contribution in [2.45, 2.75) is 12.3 Å². The Balaban J connectivity index is 1.15. The van der Waals surface area contributed by atoms with Gasteiger partial charge in [0.1, 0.15) is 11.2 Å². The van der Waals surface area contributed by atoms with Crippen molar-refractivity contribution in [3.8, 4) is 56.2 Å². The zero-order valence-corrected chi connectivity index (χ0v) is 28.0. The lowest BCUT2D eigenvalue weighted by Crippen LogP contribution is -2.23. The van der Waals surface area contributed by atoms with E-state index >= 15 is 0 Å². The van der Waals surface area contributed by atoms with Crippen LogP contribution in [-0.2, 0) is 5.41 Å². The first-order valence-electron chi connectivity index (χ1n) is 17.4. The second kappa shape index (κ2) is 11.5. The van der Waals surface area contributed by atoms with Crippen LogP contribution in [0, 0.1) is 0 Å². The number of fused-ring (bicyclic) bond motifs is 6. The van der Waals surface area contributed by atoms with E-state index in [0.717, 1.165) is 61.1 Å². The van der Waals surface area contributed by atoms with Crippen molar-refractivity contribution in [3.63, 3.8) is 0 Å². The van der Waals surface area contributed by atoms with Crippen molar-refractivity contribution in [1.82, 2.24) is 9.97 Å². The summed E-state index contributed by atoms with van der Waals surface area (Å²) >= 11 is 0. The number of rotatable bonds is 5. The number of aromatic nitrogens is 2.